The van der Waals surface area contributed by atoms with Crippen LogP contribution in [-0.4, -0.2) is 60.5 Å². The molecule has 0 spiro atoms. The van der Waals surface area contributed by atoms with Gasteiger partial charge in [0, 0.05) is 32.7 Å². The first-order chi connectivity index (χ1) is 13.4. The van der Waals surface area contributed by atoms with E-state index in [-0.39, 0.29) is 30.4 Å². The second-order valence-electron chi connectivity index (χ2n) is 7.71. The van der Waals surface area contributed by atoms with Crippen LogP contribution in [0.25, 0.3) is 0 Å². The lowest BCUT2D eigenvalue weighted by atomic mass is 10.0. The molecule has 1 aliphatic rings. The van der Waals surface area contributed by atoms with Crippen molar-refractivity contribution in [2.75, 3.05) is 26.7 Å². The third-order valence-electron chi connectivity index (χ3n) is 4.95. The summed E-state index contributed by atoms with van der Waals surface area (Å²) in [6, 6.07) is 11.1. The van der Waals surface area contributed by atoms with E-state index in [9.17, 15) is 9.59 Å². The predicted molar refractivity (Wildman–Crippen MR) is 107 cm³/mol. The smallest absolute Gasteiger partial charge is 0.339 e. The lowest BCUT2D eigenvalue weighted by Crippen LogP contribution is -2.49. The van der Waals surface area contributed by atoms with Crippen LogP contribution >= 0.6 is 0 Å². The standard InChI is InChI=1S/C21H30N5O2/c1-16(2)13-19(20(27)23-11-10-22)24-21(28)25(3)18-9-12-26(15-18)14-17-7-5-4-6-8-17/h4-8,16,18-19H,9,11-15H2,1-3H3,(H,23,27). The summed E-state index contributed by atoms with van der Waals surface area (Å²) in [4.78, 5) is 28.9. The third kappa shape index (κ3) is 6.54. The highest BCUT2D eigenvalue weighted by atomic mass is 16.2. The number of hydrogen-bond donors (Lipinski definition) is 1. The lowest BCUT2D eigenvalue weighted by molar-refractivity contribution is -0.123. The van der Waals surface area contributed by atoms with Crippen LogP contribution in [0.5, 0.6) is 0 Å². The Bertz CT molecular complexity index is 686. The van der Waals surface area contributed by atoms with E-state index in [0.29, 0.717) is 6.42 Å². The minimum atomic E-state index is -0.759. The molecule has 0 aromatic heterocycles. The van der Waals surface area contributed by atoms with E-state index in [4.69, 9.17) is 5.26 Å². The van der Waals surface area contributed by atoms with Crippen molar-refractivity contribution < 1.29 is 9.59 Å². The van der Waals surface area contributed by atoms with Gasteiger partial charge in [-0.2, -0.15) is 5.26 Å². The molecule has 0 saturated carbocycles. The molecule has 2 atom stereocenters. The molecule has 0 bridgehead atoms. The van der Waals surface area contributed by atoms with E-state index in [1.165, 1.54) is 5.56 Å². The predicted octanol–water partition coefficient (Wildman–Crippen LogP) is 1.97. The van der Waals surface area contributed by atoms with Crippen molar-refractivity contribution in [3.8, 4) is 6.07 Å². The second-order valence-corrected chi connectivity index (χ2v) is 7.71. The molecule has 2 rings (SSSR count). The molecule has 1 radical (unpaired) electrons. The first kappa shape index (κ1) is 21.7. The van der Waals surface area contributed by atoms with Crippen molar-refractivity contribution in [1.29, 1.82) is 5.26 Å². The maximum Gasteiger partial charge on any atom is 0.339 e. The van der Waals surface area contributed by atoms with Gasteiger partial charge in [0.1, 0.15) is 12.6 Å². The van der Waals surface area contributed by atoms with Gasteiger partial charge in [0.15, 0.2) is 0 Å². The molecule has 1 heterocycles. The average molecular weight is 385 g/mol. The molecule has 28 heavy (non-hydrogen) atoms. The summed E-state index contributed by atoms with van der Waals surface area (Å²) in [6.07, 6.45) is 1.36. The van der Waals surface area contributed by atoms with Gasteiger partial charge in [-0.25, -0.2) is 10.1 Å². The van der Waals surface area contributed by atoms with Crippen LogP contribution in [0.15, 0.2) is 30.3 Å². The Morgan fingerprint density at radius 3 is 2.71 bits per heavy atom. The summed E-state index contributed by atoms with van der Waals surface area (Å²) in [5.41, 5.74) is 1.26. The molecule has 1 aromatic rings. The fourth-order valence-corrected chi connectivity index (χ4v) is 3.40. The number of carbonyl (C=O) groups excluding carboxylic acids is 2. The van der Waals surface area contributed by atoms with Gasteiger partial charge in [-0.1, -0.05) is 44.2 Å². The van der Waals surface area contributed by atoms with E-state index >= 15 is 0 Å². The highest BCUT2D eigenvalue weighted by Gasteiger charge is 2.31. The van der Waals surface area contributed by atoms with E-state index in [1.807, 2.05) is 38.1 Å². The lowest BCUT2D eigenvalue weighted by Gasteiger charge is -2.26. The Labute approximate surface area is 167 Å². The molecule has 1 aromatic carbocycles. The van der Waals surface area contributed by atoms with Crippen molar-refractivity contribution in [2.24, 2.45) is 5.92 Å². The first-order valence-corrected chi connectivity index (χ1v) is 9.79. The molecule has 151 valence electrons. The molecular formula is C21H30N5O2. The summed E-state index contributed by atoms with van der Waals surface area (Å²) in [5, 5.41) is 15.3. The van der Waals surface area contributed by atoms with Gasteiger partial charge in [0.2, 0.25) is 5.91 Å². The van der Waals surface area contributed by atoms with E-state index in [0.717, 1.165) is 26.1 Å². The number of nitrogens with one attached hydrogen (secondary N) is 1. The van der Waals surface area contributed by atoms with Crippen LogP contribution in [0.1, 0.15) is 32.3 Å². The fraction of sp³-hybridized carbons (Fsp3) is 0.571. The third-order valence-corrected chi connectivity index (χ3v) is 4.95. The van der Waals surface area contributed by atoms with Gasteiger partial charge in [0.25, 0.3) is 0 Å². The number of nitriles is 1. The van der Waals surface area contributed by atoms with Crippen LogP contribution in [0.2, 0.25) is 0 Å². The number of amides is 3. The zero-order valence-corrected chi connectivity index (χ0v) is 17.0. The van der Waals surface area contributed by atoms with Gasteiger partial charge in [-0.3, -0.25) is 9.69 Å². The SMILES string of the molecule is CC(C)CC([N]C(=O)N(C)C1CCN(Cc2ccccc2)C1)C(=O)NCC#N. The summed E-state index contributed by atoms with van der Waals surface area (Å²) in [7, 11) is 1.75. The average Bonchev–Trinajstić information content (AvgIpc) is 3.13. The molecule has 0 aliphatic carbocycles. The van der Waals surface area contributed by atoms with Crippen LogP contribution < -0.4 is 10.6 Å². The maximum atomic E-state index is 12.7. The van der Waals surface area contributed by atoms with Gasteiger partial charge >= 0.3 is 6.03 Å². The Morgan fingerprint density at radius 2 is 2.07 bits per heavy atom. The molecule has 3 amide bonds. The van der Waals surface area contributed by atoms with Crippen molar-refractivity contribution in [3.05, 3.63) is 35.9 Å². The number of rotatable bonds is 8. The summed E-state index contributed by atoms with van der Waals surface area (Å²) in [6.45, 7) is 6.46. The monoisotopic (exact) mass is 384 g/mol. The number of benzene rings is 1. The zero-order chi connectivity index (χ0) is 20.5. The normalized spacial score (nSPS) is 17.8. The minimum Gasteiger partial charge on any atom is -0.341 e. The molecule has 2 unspecified atom stereocenters. The number of urea groups is 1. The minimum absolute atomic E-state index is 0.0793. The van der Waals surface area contributed by atoms with Crippen LogP contribution in [-0.2, 0) is 11.3 Å². The van der Waals surface area contributed by atoms with Crippen molar-refractivity contribution >= 4 is 11.9 Å². The van der Waals surface area contributed by atoms with Crippen LogP contribution in [0, 0.1) is 17.2 Å². The van der Waals surface area contributed by atoms with Gasteiger partial charge in [-0.05, 0) is 24.3 Å². The Hall–Kier alpha value is -2.59. The van der Waals surface area contributed by atoms with Gasteiger partial charge < -0.3 is 10.2 Å². The summed E-state index contributed by atoms with van der Waals surface area (Å²) in [5.74, 6) is -0.151. The Morgan fingerprint density at radius 1 is 1.36 bits per heavy atom. The highest BCUT2D eigenvalue weighted by molar-refractivity contribution is 5.87. The molecule has 1 fully saturated rings. The number of nitrogens with zero attached hydrogens (tertiary/aromatic N) is 4. The molecule has 7 heteroatoms. The molecule has 1 N–H and O–H groups in total. The van der Waals surface area contributed by atoms with Crippen LogP contribution in [0.3, 0.4) is 0 Å². The largest absolute Gasteiger partial charge is 0.341 e. The number of carbonyl (C=O) groups is 2. The first-order valence-electron chi connectivity index (χ1n) is 9.79. The number of hydrogen-bond acceptors (Lipinski definition) is 4. The van der Waals surface area contributed by atoms with E-state index < -0.39 is 6.04 Å². The fourth-order valence-electron chi connectivity index (χ4n) is 3.40. The highest BCUT2D eigenvalue weighted by Crippen LogP contribution is 2.18. The molecule has 1 aliphatic heterocycles. The Kier molecular flexibility index (Phi) is 8.27. The van der Waals surface area contributed by atoms with Gasteiger partial charge in [-0.15, -0.1) is 0 Å². The number of likely N-dealkylation sites (N-methyl/N-ethyl adjacent to an activating group) is 1. The van der Waals surface area contributed by atoms with Crippen molar-refractivity contribution in [1.82, 2.24) is 20.4 Å². The second kappa shape index (κ2) is 10.7. The number of likely N-dealkylation sites (tertiary alicyclic amines) is 1. The van der Waals surface area contributed by atoms with E-state index in [2.05, 4.69) is 27.7 Å². The van der Waals surface area contributed by atoms with Gasteiger partial charge in [0.05, 0.1) is 6.07 Å². The van der Waals surface area contributed by atoms with Crippen LogP contribution in [0.4, 0.5) is 4.79 Å². The zero-order valence-electron chi connectivity index (χ0n) is 17.0. The molecular weight excluding hydrogens is 354 g/mol. The summed E-state index contributed by atoms with van der Waals surface area (Å²) >= 11 is 0. The van der Waals surface area contributed by atoms with E-state index in [1.54, 1.807) is 11.9 Å². The maximum absolute atomic E-state index is 12.7. The topological polar surface area (TPSA) is 90.5 Å². The molecule has 1 saturated heterocycles. The van der Waals surface area contributed by atoms with Crippen molar-refractivity contribution in [2.45, 2.75) is 45.3 Å². The summed E-state index contributed by atoms with van der Waals surface area (Å²) < 4.78 is 0. The van der Waals surface area contributed by atoms with Crippen molar-refractivity contribution in [3.63, 3.8) is 0 Å². The Balaban J connectivity index is 1.89. The quantitative estimate of drug-likeness (QED) is 0.694. The molecule has 7 nitrogen and oxygen atoms in total.